The van der Waals surface area contributed by atoms with Crippen LogP contribution < -0.4 is 4.74 Å². The van der Waals surface area contributed by atoms with Crippen LogP contribution in [0.5, 0.6) is 5.75 Å². The zero-order chi connectivity index (χ0) is 11.6. The summed E-state index contributed by atoms with van der Waals surface area (Å²) in [4.78, 5) is 0. The van der Waals surface area contributed by atoms with Crippen LogP contribution in [0.1, 0.15) is 17.2 Å². The predicted molar refractivity (Wildman–Crippen MR) is 48.7 cm³/mol. The first kappa shape index (κ1) is 11.8. The lowest BCUT2D eigenvalue weighted by Gasteiger charge is -2.17. The molecule has 0 unspecified atom stereocenters. The van der Waals surface area contributed by atoms with E-state index in [1.807, 2.05) is 0 Å². The van der Waals surface area contributed by atoms with Gasteiger partial charge in [0, 0.05) is 0 Å². The number of rotatable bonds is 2. The maximum Gasteiger partial charge on any atom is 0.418 e. The summed E-state index contributed by atoms with van der Waals surface area (Å²) in [7, 11) is 1.43. The van der Waals surface area contributed by atoms with Gasteiger partial charge in [-0.25, -0.2) is 0 Å². The van der Waals surface area contributed by atoms with E-state index < -0.39 is 12.3 Å². The number of hydrogen-bond acceptors (Lipinski definition) is 2. The van der Waals surface area contributed by atoms with E-state index in [4.69, 9.17) is 9.84 Å². The normalized spacial score (nSPS) is 13.7. The van der Waals surface area contributed by atoms with Crippen LogP contribution in [0, 0.1) is 6.92 Å². The summed E-state index contributed by atoms with van der Waals surface area (Å²) in [5, 5.41) is 9.04. The molecule has 0 heterocycles. The van der Waals surface area contributed by atoms with Crippen molar-refractivity contribution in [3.63, 3.8) is 0 Å². The van der Waals surface area contributed by atoms with E-state index >= 15 is 0 Å². The van der Waals surface area contributed by atoms with Gasteiger partial charge in [0.2, 0.25) is 0 Å². The highest BCUT2D eigenvalue weighted by Crippen LogP contribution is 2.34. The summed E-state index contributed by atoms with van der Waals surface area (Å²) in [5.41, 5.74) is 0.197. The number of hydrogen-bond donors (Lipinski definition) is 1. The Hall–Kier alpha value is -1.23. The van der Waals surface area contributed by atoms with Crippen LogP contribution in [0.4, 0.5) is 13.2 Å². The highest BCUT2D eigenvalue weighted by molar-refractivity contribution is 5.36. The third-order valence-electron chi connectivity index (χ3n) is 2.08. The van der Waals surface area contributed by atoms with Crippen LogP contribution in [0.3, 0.4) is 0 Å². The fraction of sp³-hybridized carbons (Fsp3) is 0.400. The van der Waals surface area contributed by atoms with Gasteiger partial charge in [-0.1, -0.05) is 6.07 Å². The molecule has 15 heavy (non-hydrogen) atoms. The first-order valence-corrected chi connectivity index (χ1v) is 4.25. The van der Waals surface area contributed by atoms with Crippen LogP contribution in [-0.2, 0) is 0 Å². The van der Waals surface area contributed by atoms with Crippen molar-refractivity contribution in [1.82, 2.24) is 0 Å². The third-order valence-corrected chi connectivity index (χ3v) is 2.08. The Morgan fingerprint density at radius 3 is 2.33 bits per heavy atom. The first-order valence-electron chi connectivity index (χ1n) is 4.25. The van der Waals surface area contributed by atoms with E-state index in [1.54, 1.807) is 0 Å². The largest absolute Gasteiger partial charge is 0.497 e. The molecule has 0 aliphatic rings. The molecule has 1 rings (SSSR count). The van der Waals surface area contributed by atoms with Crippen molar-refractivity contribution in [2.45, 2.75) is 19.2 Å². The molecule has 5 heteroatoms. The SMILES string of the molecule is COc1ccc([C@H](O)C(F)(F)F)c(C)c1. The molecule has 84 valence electrons. The number of halogens is 3. The van der Waals surface area contributed by atoms with Crippen LogP contribution in [-0.4, -0.2) is 18.4 Å². The van der Waals surface area contributed by atoms with Crippen molar-refractivity contribution >= 4 is 0 Å². The van der Waals surface area contributed by atoms with Gasteiger partial charge >= 0.3 is 6.18 Å². The van der Waals surface area contributed by atoms with E-state index in [0.29, 0.717) is 11.3 Å². The molecule has 0 fully saturated rings. The van der Waals surface area contributed by atoms with Crippen molar-refractivity contribution in [2.75, 3.05) is 7.11 Å². The second-order valence-electron chi connectivity index (χ2n) is 3.17. The topological polar surface area (TPSA) is 29.5 Å². The van der Waals surface area contributed by atoms with Gasteiger partial charge in [-0.05, 0) is 30.2 Å². The zero-order valence-electron chi connectivity index (χ0n) is 8.30. The lowest BCUT2D eigenvalue weighted by atomic mass is 10.0. The van der Waals surface area contributed by atoms with Gasteiger partial charge in [0.05, 0.1) is 7.11 Å². The minimum atomic E-state index is -4.64. The molecule has 1 aromatic carbocycles. The molecule has 1 aromatic rings. The summed E-state index contributed by atoms with van der Waals surface area (Å²) < 4.78 is 41.5. The molecule has 0 aromatic heterocycles. The average Bonchev–Trinajstić information content (AvgIpc) is 2.15. The Kier molecular flexibility index (Phi) is 3.24. The molecule has 0 spiro atoms. The minimum Gasteiger partial charge on any atom is -0.497 e. The maximum absolute atomic E-state index is 12.2. The summed E-state index contributed by atoms with van der Waals surface area (Å²) in [6.45, 7) is 1.49. The van der Waals surface area contributed by atoms with Crippen molar-refractivity contribution in [1.29, 1.82) is 0 Å². The minimum absolute atomic E-state index is 0.150. The zero-order valence-corrected chi connectivity index (χ0v) is 8.30. The maximum atomic E-state index is 12.2. The number of aryl methyl sites for hydroxylation is 1. The standard InChI is InChI=1S/C10H11F3O2/c1-6-5-7(15-2)3-4-8(6)9(14)10(11,12)13/h3-5,9,14H,1-2H3/t9-/m0/s1. The van der Waals surface area contributed by atoms with Gasteiger partial charge < -0.3 is 9.84 Å². The second-order valence-corrected chi connectivity index (χ2v) is 3.17. The molecule has 0 radical (unpaired) electrons. The van der Waals surface area contributed by atoms with Gasteiger partial charge in [0.15, 0.2) is 6.10 Å². The molecule has 2 nitrogen and oxygen atoms in total. The molecule has 1 atom stereocenters. The Morgan fingerprint density at radius 1 is 1.33 bits per heavy atom. The van der Waals surface area contributed by atoms with Crippen LogP contribution in [0.15, 0.2) is 18.2 Å². The molecule has 0 amide bonds. The summed E-state index contributed by atoms with van der Waals surface area (Å²) >= 11 is 0. The number of alkyl halides is 3. The third kappa shape index (κ3) is 2.62. The molecular weight excluding hydrogens is 209 g/mol. The Bertz CT molecular complexity index is 347. The van der Waals surface area contributed by atoms with Crippen molar-refractivity contribution in [2.24, 2.45) is 0 Å². The Morgan fingerprint density at radius 2 is 1.93 bits per heavy atom. The van der Waals surface area contributed by atoms with Crippen molar-refractivity contribution < 1.29 is 23.0 Å². The summed E-state index contributed by atoms with van der Waals surface area (Å²) in [5.74, 6) is 0.464. The molecule has 0 aliphatic carbocycles. The summed E-state index contributed by atoms with van der Waals surface area (Å²) in [6, 6.07) is 4.05. The Labute approximate surface area is 85.3 Å². The van der Waals surface area contributed by atoms with Crippen molar-refractivity contribution in [3.8, 4) is 5.75 Å². The van der Waals surface area contributed by atoms with Gasteiger partial charge in [-0.15, -0.1) is 0 Å². The van der Waals surface area contributed by atoms with E-state index in [-0.39, 0.29) is 5.56 Å². The molecule has 0 saturated heterocycles. The fourth-order valence-corrected chi connectivity index (χ4v) is 1.26. The van der Waals surface area contributed by atoms with Crippen molar-refractivity contribution in [3.05, 3.63) is 29.3 Å². The van der Waals surface area contributed by atoms with Gasteiger partial charge in [0.1, 0.15) is 5.75 Å². The van der Waals surface area contributed by atoms with Gasteiger partial charge in [-0.2, -0.15) is 13.2 Å². The van der Waals surface area contributed by atoms with Gasteiger partial charge in [-0.3, -0.25) is 0 Å². The molecule has 0 saturated carbocycles. The quantitative estimate of drug-likeness (QED) is 0.830. The average molecular weight is 220 g/mol. The number of ether oxygens (including phenoxy) is 1. The number of aliphatic hydroxyl groups is 1. The molecule has 0 aliphatic heterocycles. The lowest BCUT2D eigenvalue weighted by molar-refractivity contribution is -0.206. The van der Waals surface area contributed by atoms with Crippen LogP contribution in [0.2, 0.25) is 0 Å². The number of benzene rings is 1. The van der Waals surface area contributed by atoms with Gasteiger partial charge in [0.25, 0.3) is 0 Å². The van der Waals surface area contributed by atoms with E-state index in [9.17, 15) is 13.2 Å². The van der Waals surface area contributed by atoms with E-state index in [2.05, 4.69) is 0 Å². The first-order chi connectivity index (χ1) is 6.86. The van der Waals surface area contributed by atoms with E-state index in [0.717, 1.165) is 0 Å². The number of aliphatic hydroxyl groups excluding tert-OH is 1. The predicted octanol–water partition coefficient (Wildman–Crippen LogP) is 2.60. The highest BCUT2D eigenvalue weighted by atomic mass is 19.4. The van der Waals surface area contributed by atoms with Crippen LogP contribution >= 0.6 is 0 Å². The molecule has 0 bridgehead atoms. The smallest absolute Gasteiger partial charge is 0.418 e. The fourth-order valence-electron chi connectivity index (χ4n) is 1.26. The molecule has 1 N–H and O–H groups in total. The highest BCUT2D eigenvalue weighted by Gasteiger charge is 2.39. The lowest BCUT2D eigenvalue weighted by Crippen LogP contribution is -2.20. The second kappa shape index (κ2) is 4.10. The molecular formula is C10H11F3O2. The summed E-state index contributed by atoms with van der Waals surface area (Å²) in [6.07, 6.45) is -7.08. The number of methoxy groups -OCH3 is 1. The monoisotopic (exact) mass is 220 g/mol. The Balaban J connectivity index is 3.06. The van der Waals surface area contributed by atoms with E-state index in [1.165, 1.54) is 32.2 Å². The van der Waals surface area contributed by atoms with Crippen LogP contribution in [0.25, 0.3) is 0 Å².